The molecule has 1 saturated heterocycles. The zero-order valence-electron chi connectivity index (χ0n) is 19.7. The van der Waals surface area contributed by atoms with Crippen LogP contribution in [0.15, 0.2) is 30.6 Å². The summed E-state index contributed by atoms with van der Waals surface area (Å²) in [6.45, 7) is 5.05. The van der Waals surface area contributed by atoms with Gasteiger partial charge in [-0.1, -0.05) is 18.0 Å². The molecule has 2 aromatic heterocycles. The maximum atomic E-state index is 14.4. The molecule has 0 aliphatic carbocycles. The summed E-state index contributed by atoms with van der Waals surface area (Å²) in [7, 11) is 0. The van der Waals surface area contributed by atoms with Crippen molar-refractivity contribution in [2.45, 2.75) is 44.4 Å². The van der Waals surface area contributed by atoms with E-state index in [0.29, 0.717) is 25.4 Å². The molecule has 5 heterocycles. The van der Waals surface area contributed by atoms with Crippen molar-refractivity contribution >= 4 is 23.3 Å². The van der Waals surface area contributed by atoms with Crippen LogP contribution in [0.3, 0.4) is 0 Å². The highest BCUT2D eigenvalue weighted by Crippen LogP contribution is 2.43. The third-order valence-electron chi connectivity index (χ3n) is 7.40. The van der Waals surface area contributed by atoms with E-state index < -0.39 is 23.2 Å². The molecule has 0 amide bonds. The Morgan fingerprint density at radius 3 is 2.51 bits per heavy atom. The zero-order valence-corrected chi connectivity index (χ0v) is 20.6. The van der Waals surface area contributed by atoms with Crippen molar-refractivity contribution in [3.05, 3.63) is 53.2 Å². The van der Waals surface area contributed by atoms with Crippen LogP contribution in [0.4, 0.5) is 23.4 Å². The summed E-state index contributed by atoms with van der Waals surface area (Å²) >= 11 is 1.75. The van der Waals surface area contributed by atoms with Gasteiger partial charge in [-0.15, -0.1) is 0 Å². The van der Waals surface area contributed by atoms with E-state index in [2.05, 4.69) is 39.6 Å². The molecule has 1 atom stereocenters. The first kappa shape index (κ1) is 24.4. The van der Waals surface area contributed by atoms with Crippen molar-refractivity contribution in [1.82, 2.24) is 14.3 Å². The molecule has 5 rings (SSSR count). The van der Waals surface area contributed by atoms with Crippen LogP contribution in [0.2, 0.25) is 0 Å². The van der Waals surface area contributed by atoms with Gasteiger partial charge in [0.15, 0.2) is 11.6 Å². The van der Waals surface area contributed by atoms with E-state index in [0.717, 1.165) is 55.8 Å². The number of pyridine rings is 2. The number of anilines is 1. The molecule has 10 heteroatoms. The highest BCUT2D eigenvalue weighted by atomic mass is 32.2. The van der Waals surface area contributed by atoms with Crippen molar-refractivity contribution in [2.75, 3.05) is 37.3 Å². The average Bonchev–Trinajstić information content (AvgIpc) is 3.20. The van der Waals surface area contributed by atoms with Crippen LogP contribution in [0, 0.1) is 11.7 Å². The summed E-state index contributed by atoms with van der Waals surface area (Å²) in [5.74, 6) is 0.0876. The van der Waals surface area contributed by atoms with Gasteiger partial charge in [0.2, 0.25) is 0 Å². The van der Waals surface area contributed by atoms with Crippen molar-refractivity contribution in [3.8, 4) is 5.75 Å². The lowest BCUT2D eigenvalue weighted by Crippen LogP contribution is -2.46. The fraction of sp³-hybridized carbons (Fsp3) is 0.520. The fourth-order valence-corrected chi connectivity index (χ4v) is 5.85. The molecule has 2 aromatic rings. The Morgan fingerprint density at radius 2 is 1.89 bits per heavy atom. The summed E-state index contributed by atoms with van der Waals surface area (Å²) < 4.78 is 61.6. The van der Waals surface area contributed by atoms with Gasteiger partial charge in [-0.25, -0.2) is 13.7 Å². The quantitative estimate of drug-likeness (QED) is 0.395. The predicted octanol–water partition coefficient (Wildman–Crippen LogP) is 5.61. The number of ether oxygens (including phenoxy) is 1. The second kappa shape index (κ2) is 9.28. The lowest BCUT2D eigenvalue weighted by Gasteiger charge is -2.40. The summed E-state index contributed by atoms with van der Waals surface area (Å²) in [6.07, 6.45) is 5.48. The molecule has 0 radical (unpaired) electrons. The lowest BCUT2D eigenvalue weighted by atomic mass is 9.79. The number of hydrogen-bond donors (Lipinski definition) is 0. The maximum Gasteiger partial charge on any atom is 0.417 e. The van der Waals surface area contributed by atoms with E-state index in [1.807, 2.05) is 6.20 Å². The minimum Gasteiger partial charge on any atom is -0.485 e. The van der Waals surface area contributed by atoms with Crippen molar-refractivity contribution in [1.29, 1.82) is 0 Å². The minimum atomic E-state index is -4.61. The number of aromatic nitrogens is 2. The monoisotopic (exact) mass is 508 g/mol. The SMILES string of the molecule is CSN1CC=C(c2cc3c(cn2)OC(C)(C2CCN(c4ncc(C(F)(F)F)cc4F)CC2)C3)CC1. The second-order valence-electron chi connectivity index (χ2n) is 9.61. The van der Waals surface area contributed by atoms with Gasteiger partial charge < -0.3 is 9.64 Å². The van der Waals surface area contributed by atoms with E-state index in [1.54, 1.807) is 16.8 Å². The van der Waals surface area contributed by atoms with E-state index in [-0.39, 0.29) is 11.7 Å². The number of piperidine rings is 1. The van der Waals surface area contributed by atoms with Gasteiger partial charge in [0, 0.05) is 50.3 Å². The van der Waals surface area contributed by atoms with E-state index in [1.165, 1.54) is 5.57 Å². The predicted molar refractivity (Wildman–Crippen MR) is 129 cm³/mol. The van der Waals surface area contributed by atoms with Crippen molar-refractivity contribution < 1.29 is 22.3 Å². The standard InChI is InChI=1S/C25H28F4N4OS/c1-24(13-17-11-21(30-15-22(17)34-24)16-3-9-33(35-2)10-4-16)18-5-7-32(8-6-18)23-20(26)12-19(14-31-23)25(27,28)29/h3,11-12,14-15,18H,4-10,13H2,1-2H3. The third-order valence-corrected chi connectivity index (χ3v) is 8.25. The minimum absolute atomic E-state index is 0.0214. The highest BCUT2D eigenvalue weighted by molar-refractivity contribution is 7.96. The average molecular weight is 509 g/mol. The van der Waals surface area contributed by atoms with Gasteiger partial charge in [-0.05, 0) is 50.1 Å². The molecule has 0 saturated carbocycles. The topological polar surface area (TPSA) is 41.5 Å². The molecular weight excluding hydrogens is 480 g/mol. The van der Waals surface area contributed by atoms with Gasteiger partial charge in [0.1, 0.15) is 11.4 Å². The third kappa shape index (κ3) is 4.87. The van der Waals surface area contributed by atoms with Crippen LogP contribution in [0.5, 0.6) is 5.75 Å². The van der Waals surface area contributed by atoms with Crippen molar-refractivity contribution in [2.24, 2.45) is 5.92 Å². The molecule has 35 heavy (non-hydrogen) atoms. The van der Waals surface area contributed by atoms with Crippen LogP contribution in [-0.4, -0.2) is 52.3 Å². The Labute approximate surface area is 206 Å². The van der Waals surface area contributed by atoms with Crippen LogP contribution >= 0.6 is 11.9 Å². The molecule has 1 unspecified atom stereocenters. The van der Waals surface area contributed by atoms with Crippen molar-refractivity contribution in [3.63, 3.8) is 0 Å². The maximum absolute atomic E-state index is 14.4. The molecule has 0 aromatic carbocycles. The molecule has 3 aliphatic rings. The summed E-state index contributed by atoms with van der Waals surface area (Å²) in [5, 5.41) is 0. The number of fused-ring (bicyclic) bond motifs is 1. The molecule has 0 spiro atoms. The number of alkyl halides is 3. The van der Waals surface area contributed by atoms with E-state index in [4.69, 9.17) is 4.74 Å². The van der Waals surface area contributed by atoms with E-state index >= 15 is 0 Å². The van der Waals surface area contributed by atoms with Gasteiger partial charge in [-0.3, -0.25) is 4.98 Å². The summed E-state index contributed by atoms with van der Waals surface area (Å²) in [5.41, 5.74) is 1.97. The Morgan fingerprint density at radius 1 is 1.11 bits per heavy atom. The Bertz CT molecular complexity index is 1130. The molecule has 5 nitrogen and oxygen atoms in total. The van der Waals surface area contributed by atoms with Crippen LogP contribution in [0.1, 0.15) is 43.0 Å². The largest absolute Gasteiger partial charge is 0.485 e. The van der Waals surface area contributed by atoms with Gasteiger partial charge in [0.05, 0.1) is 17.5 Å². The normalized spacial score (nSPS) is 23.7. The Balaban J connectivity index is 1.24. The molecular formula is C25H28F4N4OS. The number of rotatable bonds is 4. The summed E-state index contributed by atoms with van der Waals surface area (Å²) in [4.78, 5) is 10.2. The van der Waals surface area contributed by atoms with Crippen LogP contribution in [0.25, 0.3) is 5.57 Å². The highest BCUT2D eigenvalue weighted by Gasteiger charge is 2.44. The first-order chi connectivity index (χ1) is 16.7. The zero-order chi connectivity index (χ0) is 24.8. The molecule has 0 N–H and O–H groups in total. The molecule has 3 aliphatic heterocycles. The van der Waals surface area contributed by atoms with Gasteiger partial charge >= 0.3 is 6.18 Å². The molecule has 1 fully saturated rings. The Kier molecular flexibility index (Phi) is 6.46. The van der Waals surface area contributed by atoms with Crippen LogP contribution < -0.4 is 9.64 Å². The first-order valence-electron chi connectivity index (χ1n) is 11.8. The first-order valence-corrected chi connectivity index (χ1v) is 13.0. The smallest absolute Gasteiger partial charge is 0.417 e. The van der Waals surface area contributed by atoms with Gasteiger partial charge in [0.25, 0.3) is 0 Å². The Hall–Kier alpha value is -2.33. The molecule has 188 valence electrons. The summed E-state index contributed by atoms with van der Waals surface area (Å²) in [6, 6.07) is 2.68. The molecule has 0 bridgehead atoms. The van der Waals surface area contributed by atoms with E-state index in [9.17, 15) is 17.6 Å². The second-order valence-corrected chi connectivity index (χ2v) is 10.5. The van der Waals surface area contributed by atoms with Crippen LogP contribution in [-0.2, 0) is 12.6 Å². The van der Waals surface area contributed by atoms with Gasteiger partial charge in [-0.2, -0.15) is 13.2 Å². The fourth-order valence-electron chi connectivity index (χ4n) is 5.35. The number of nitrogens with zero attached hydrogens (tertiary/aromatic N) is 4. The number of hydrogen-bond acceptors (Lipinski definition) is 6. The number of halogens is 4. The lowest BCUT2D eigenvalue weighted by molar-refractivity contribution is -0.138.